The Morgan fingerprint density at radius 2 is 2.17 bits per heavy atom. The number of rotatable bonds is 2. The second-order valence-corrected chi connectivity index (χ2v) is 4.87. The first kappa shape index (κ1) is 10.3. The minimum absolute atomic E-state index is 0.294. The van der Waals surface area contributed by atoms with Crippen molar-refractivity contribution in [1.29, 1.82) is 0 Å². The fourth-order valence-electron chi connectivity index (χ4n) is 0.587. The van der Waals surface area contributed by atoms with Crippen molar-refractivity contribution in [3.63, 3.8) is 0 Å². The zero-order valence-corrected chi connectivity index (χ0v) is 9.14. The summed E-state index contributed by atoms with van der Waals surface area (Å²) in [7, 11) is 0. The third-order valence-electron chi connectivity index (χ3n) is 0.997. The summed E-state index contributed by atoms with van der Waals surface area (Å²) in [6, 6.07) is 0. The lowest BCUT2D eigenvalue weighted by Gasteiger charge is -2.08. The largest absolute Gasteiger partial charge is 0.476 e. The molecule has 1 rings (SSSR count). The Morgan fingerprint density at radius 1 is 1.50 bits per heavy atom. The van der Waals surface area contributed by atoms with Gasteiger partial charge in [-0.15, -0.1) is 0 Å². The molecule has 0 radical (unpaired) electrons. The van der Waals surface area contributed by atoms with E-state index in [4.69, 9.17) is 39.5 Å². The Labute approximate surface area is 88.7 Å². The first-order valence-corrected chi connectivity index (χ1v) is 4.98. The Balaban J connectivity index is 2.91. The molecule has 1 aromatic rings. The molecule has 0 aliphatic rings. The van der Waals surface area contributed by atoms with Gasteiger partial charge < -0.3 is 4.74 Å². The third-order valence-corrected chi connectivity index (χ3v) is 2.73. The van der Waals surface area contributed by atoms with Crippen molar-refractivity contribution in [2.24, 2.45) is 0 Å². The molecule has 7 heteroatoms. The highest BCUT2D eigenvalue weighted by molar-refractivity contribution is 7.07. The van der Waals surface area contributed by atoms with Crippen molar-refractivity contribution in [1.82, 2.24) is 9.59 Å². The number of hydrogen-bond donors (Lipinski definition) is 0. The number of ether oxygens (including phenoxy) is 1. The van der Waals surface area contributed by atoms with Crippen molar-refractivity contribution in [3.8, 4) is 5.88 Å². The highest BCUT2D eigenvalue weighted by Gasteiger charge is 2.30. The van der Waals surface area contributed by atoms with Gasteiger partial charge >= 0.3 is 0 Å². The van der Waals surface area contributed by atoms with Gasteiger partial charge in [-0.3, -0.25) is 0 Å². The highest BCUT2D eigenvalue weighted by Crippen LogP contribution is 2.44. The summed E-state index contributed by atoms with van der Waals surface area (Å²) in [4.78, 5) is 0.411. The number of alkyl halides is 3. The quantitative estimate of drug-likeness (QED) is 0.754. The van der Waals surface area contributed by atoms with Crippen molar-refractivity contribution < 1.29 is 4.74 Å². The van der Waals surface area contributed by atoms with E-state index in [-0.39, 0.29) is 0 Å². The minimum Gasteiger partial charge on any atom is -0.476 e. The van der Waals surface area contributed by atoms with Crippen molar-refractivity contribution in [2.45, 2.75) is 10.7 Å². The molecule has 0 amide bonds. The van der Waals surface area contributed by atoms with Gasteiger partial charge in [0.25, 0.3) is 5.88 Å². The van der Waals surface area contributed by atoms with E-state index in [0.29, 0.717) is 17.4 Å². The zero-order valence-electron chi connectivity index (χ0n) is 6.05. The summed E-state index contributed by atoms with van der Waals surface area (Å²) in [6.07, 6.45) is 0. The third kappa shape index (κ3) is 2.36. The van der Waals surface area contributed by atoms with Gasteiger partial charge in [0.2, 0.25) is 3.79 Å². The van der Waals surface area contributed by atoms with Crippen LogP contribution in [0.4, 0.5) is 0 Å². The lowest BCUT2D eigenvalue weighted by atomic mass is 10.6. The number of nitrogens with zero attached hydrogens (tertiary/aromatic N) is 2. The molecule has 0 N–H and O–H groups in total. The molecule has 0 saturated heterocycles. The highest BCUT2D eigenvalue weighted by atomic mass is 35.6. The predicted octanol–water partition coefficient (Wildman–Crippen LogP) is 2.76. The van der Waals surface area contributed by atoms with Crippen LogP contribution in [0.1, 0.15) is 11.8 Å². The fourth-order valence-corrected chi connectivity index (χ4v) is 1.62. The molecule has 1 aromatic heterocycles. The molecule has 0 atom stereocenters. The molecule has 12 heavy (non-hydrogen) atoms. The number of aromatic nitrogens is 2. The van der Waals surface area contributed by atoms with Crippen molar-refractivity contribution >= 4 is 46.3 Å². The monoisotopic (exact) mass is 246 g/mol. The van der Waals surface area contributed by atoms with Crippen LogP contribution in [0.15, 0.2) is 0 Å². The average molecular weight is 248 g/mol. The summed E-state index contributed by atoms with van der Waals surface area (Å²) in [6.45, 7) is 2.29. The topological polar surface area (TPSA) is 35.0 Å². The predicted molar refractivity (Wildman–Crippen MR) is 50.3 cm³/mol. The summed E-state index contributed by atoms with van der Waals surface area (Å²) in [5.74, 6) is 0.294. The number of halogens is 3. The molecule has 0 aromatic carbocycles. The first-order chi connectivity index (χ1) is 5.55. The smallest absolute Gasteiger partial charge is 0.253 e. The van der Waals surface area contributed by atoms with Crippen molar-refractivity contribution in [2.75, 3.05) is 6.61 Å². The summed E-state index contributed by atoms with van der Waals surface area (Å²) in [5.41, 5.74) is 0. The van der Waals surface area contributed by atoms with Gasteiger partial charge in [-0.1, -0.05) is 44.4 Å². The van der Waals surface area contributed by atoms with Crippen LogP contribution < -0.4 is 4.74 Å². The van der Waals surface area contributed by atoms with E-state index in [1.807, 2.05) is 6.92 Å². The van der Waals surface area contributed by atoms with Crippen LogP contribution in [-0.2, 0) is 3.79 Å². The van der Waals surface area contributed by atoms with E-state index in [2.05, 4.69) is 9.59 Å². The van der Waals surface area contributed by atoms with Crippen LogP contribution in [0.5, 0.6) is 5.88 Å². The molecule has 1 heterocycles. The van der Waals surface area contributed by atoms with Crippen LogP contribution >= 0.6 is 46.3 Å². The maximum atomic E-state index is 5.62. The van der Waals surface area contributed by atoms with E-state index in [1.54, 1.807) is 0 Å². The van der Waals surface area contributed by atoms with Crippen molar-refractivity contribution in [3.05, 3.63) is 4.88 Å². The Kier molecular flexibility index (Phi) is 3.40. The molecule has 0 spiro atoms. The van der Waals surface area contributed by atoms with Gasteiger partial charge in [0.05, 0.1) is 6.61 Å². The van der Waals surface area contributed by atoms with Crippen LogP contribution in [-0.4, -0.2) is 16.2 Å². The fraction of sp³-hybridized carbons (Fsp3) is 0.600. The molecular weight excluding hydrogens is 242 g/mol. The van der Waals surface area contributed by atoms with Gasteiger partial charge in [0.1, 0.15) is 4.88 Å². The van der Waals surface area contributed by atoms with E-state index in [1.165, 1.54) is 0 Å². The van der Waals surface area contributed by atoms with E-state index in [0.717, 1.165) is 11.5 Å². The molecule has 0 aliphatic heterocycles. The molecular formula is C5H5Cl3N2OS. The molecule has 0 bridgehead atoms. The van der Waals surface area contributed by atoms with Gasteiger partial charge in [-0.25, -0.2) is 0 Å². The summed E-state index contributed by atoms with van der Waals surface area (Å²) < 4.78 is 7.21. The molecule has 0 fully saturated rings. The molecule has 3 nitrogen and oxygen atoms in total. The van der Waals surface area contributed by atoms with Crippen LogP contribution in [0, 0.1) is 0 Å². The van der Waals surface area contributed by atoms with Gasteiger partial charge in [-0.2, -0.15) is 0 Å². The maximum absolute atomic E-state index is 5.62. The normalized spacial score (nSPS) is 11.7. The molecule has 0 aliphatic carbocycles. The minimum atomic E-state index is -1.50. The SMILES string of the molecule is CCOc1nnsc1C(Cl)(Cl)Cl. The van der Waals surface area contributed by atoms with E-state index in [9.17, 15) is 0 Å². The first-order valence-electron chi connectivity index (χ1n) is 3.08. The lowest BCUT2D eigenvalue weighted by molar-refractivity contribution is 0.323. The van der Waals surface area contributed by atoms with Gasteiger partial charge in [0.15, 0.2) is 0 Å². The van der Waals surface area contributed by atoms with E-state index >= 15 is 0 Å². The standard InChI is InChI=1S/C5H5Cl3N2OS/c1-2-11-4-3(5(6,7)8)12-10-9-4/h2H2,1H3. The van der Waals surface area contributed by atoms with Crippen LogP contribution in [0.3, 0.4) is 0 Å². The zero-order chi connectivity index (χ0) is 9.19. The Morgan fingerprint density at radius 3 is 2.67 bits per heavy atom. The second-order valence-electron chi connectivity index (χ2n) is 1.84. The Bertz CT molecular complexity index is 259. The van der Waals surface area contributed by atoms with Crippen LogP contribution in [0.25, 0.3) is 0 Å². The Hall–Kier alpha value is 0.230. The second kappa shape index (κ2) is 3.96. The van der Waals surface area contributed by atoms with E-state index < -0.39 is 3.79 Å². The van der Waals surface area contributed by atoms with Crippen LogP contribution in [0.2, 0.25) is 0 Å². The molecule has 0 unspecified atom stereocenters. The maximum Gasteiger partial charge on any atom is 0.253 e. The summed E-state index contributed by atoms with van der Waals surface area (Å²) in [5, 5.41) is 3.67. The van der Waals surface area contributed by atoms with Gasteiger partial charge in [-0.05, 0) is 18.5 Å². The number of hydrogen-bond acceptors (Lipinski definition) is 4. The molecule has 68 valence electrons. The lowest BCUT2D eigenvalue weighted by Crippen LogP contribution is -2.02. The van der Waals surface area contributed by atoms with Gasteiger partial charge in [0, 0.05) is 0 Å². The molecule has 0 saturated carbocycles. The summed E-state index contributed by atoms with van der Waals surface area (Å²) >= 11 is 17.9. The average Bonchev–Trinajstić information content (AvgIpc) is 2.34.